The van der Waals surface area contributed by atoms with Crippen LogP contribution in [0.15, 0.2) is 24.3 Å². The van der Waals surface area contributed by atoms with E-state index in [-0.39, 0.29) is 23.8 Å². The van der Waals surface area contributed by atoms with Crippen LogP contribution in [0.25, 0.3) is 6.08 Å². The number of aliphatic carboxylic acids is 1. The van der Waals surface area contributed by atoms with Crippen LogP contribution in [0.5, 0.6) is 5.75 Å². The van der Waals surface area contributed by atoms with Crippen LogP contribution >= 0.6 is 0 Å². The molecule has 0 bridgehead atoms. The molecule has 1 saturated heterocycles. The number of carboxylic acid groups (broad SMARTS) is 1. The van der Waals surface area contributed by atoms with Crippen molar-refractivity contribution in [2.75, 3.05) is 7.11 Å². The predicted molar refractivity (Wildman–Crippen MR) is 125 cm³/mol. The number of nitrogens with one attached hydrogen (secondary N) is 1. The summed E-state index contributed by atoms with van der Waals surface area (Å²) in [6.45, 7) is 2.18. The first-order chi connectivity index (χ1) is 16.4. The minimum absolute atomic E-state index is 0.0875. The molecule has 1 aromatic heterocycles. The molecule has 0 radical (unpaired) electrons. The zero-order valence-electron chi connectivity index (χ0n) is 19.6. The van der Waals surface area contributed by atoms with E-state index < -0.39 is 23.8 Å². The smallest absolute Gasteiger partial charge is 0.306 e. The molecule has 3 N–H and O–H groups in total. The predicted octanol–water partition coefficient (Wildman–Crippen LogP) is 4.18. The Morgan fingerprint density at radius 3 is 2.85 bits per heavy atom. The Balaban J connectivity index is 1.59. The Kier molecular flexibility index (Phi) is 6.20. The number of ether oxygens (including phenoxy) is 1. The third-order valence-corrected chi connectivity index (χ3v) is 7.73. The highest BCUT2D eigenvalue weighted by atomic mass is 19.1. The van der Waals surface area contributed by atoms with Crippen molar-refractivity contribution in [3.05, 3.63) is 52.9 Å². The minimum atomic E-state index is -1.14. The van der Waals surface area contributed by atoms with Crippen molar-refractivity contribution in [2.45, 2.75) is 75.6 Å². The summed E-state index contributed by atoms with van der Waals surface area (Å²) in [5.74, 6) is -0.986. The number of nitrogens with zero attached hydrogens (tertiary/aromatic N) is 2. The number of imidazole rings is 1. The summed E-state index contributed by atoms with van der Waals surface area (Å²) in [6, 6.07) is 4.96. The van der Waals surface area contributed by atoms with E-state index in [2.05, 4.69) is 24.4 Å². The van der Waals surface area contributed by atoms with Crippen LogP contribution in [0.4, 0.5) is 4.39 Å². The lowest BCUT2D eigenvalue weighted by atomic mass is 9.81. The molecule has 7 nitrogen and oxygen atoms in total. The molecule has 1 saturated carbocycles. The first-order valence-corrected chi connectivity index (χ1v) is 12.2. The molecule has 2 heterocycles. The van der Waals surface area contributed by atoms with E-state index in [4.69, 9.17) is 9.72 Å². The lowest BCUT2D eigenvalue weighted by Crippen LogP contribution is -2.45. The normalized spacial score (nSPS) is 29.2. The number of carbonyl (C=O) groups is 1. The molecule has 5 rings (SSSR count). The quantitative estimate of drug-likeness (QED) is 0.608. The molecule has 1 aliphatic heterocycles. The molecule has 0 spiro atoms. The van der Waals surface area contributed by atoms with Crippen LogP contribution in [0.1, 0.15) is 86.3 Å². The van der Waals surface area contributed by atoms with Gasteiger partial charge in [-0.1, -0.05) is 18.6 Å². The van der Waals surface area contributed by atoms with E-state index in [0.717, 1.165) is 37.1 Å². The Bertz CT molecular complexity index is 1110. The summed E-state index contributed by atoms with van der Waals surface area (Å²) in [5.41, 5.74) is 2.27. The van der Waals surface area contributed by atoms with E-state index in [1.54, 1.807) is 6.07 Å². The van der Waals surface area contributed by atoms with Crippen LogP contribution in [0.3, 0.4) is 0 Å². The van der Waals surface area contributed by atoms with Gasteiger partial charge < -0.3 is 24.8 Å². The van der Waals surface area contributed by atoms with Crippen LogP contribution in [0.2, 0.25) is 0 Å². The van der Waals surface area contributed by atoms with Gasteiger partial charge in [0.25, 0.3) is 0 Å². The zero-order chi connectivity index (χ0) is 24.0. The van der Waals surface area contributed by atoms with E-state index in [0.29, 0.717) is 30.3 Å². The average Bonchev–Trinajstić information content (AvgIpc) is 3.23. The summed E-state index contributed by atoms with van der Waals surface area (Å²) in [5, 5.41) is 24.7. The number of hydrogen-bond donors (Lipinski definition) is 3. The topological polar surface area (TPSA) is 96.6 Å². The summed E-state index contributed by atoms with van der Waals surface area (Å²) >= 11 is 0. The number of aromatic nitrogens is 2. The third kappa shape index (κ3) is 4.03. The van der Waals surface area contributed by atoms with Crippen LogP contribution in [-0.2, 0) is 4.79 Å². The zero-order valence-corrected chi connectivity index (χ0v) is 19.6. The summed E-state index contributed by atoms with van der Waals surface area (Å²) in [4.78, 5) is 16.7. The van der Waals surface area contributed by atoms with E-state index in [1.807, 2.05) is 4.57 Å². The highest BCUT2D eigenvalue weighted by molar-refractivity contribution is 5.70. The van der Waals surface area contributed by atoms with Crippen molar-refractivity contribution < 1.29 is 24.1 Å². The van der Waals surface area contributed by atoms with Crippen molar-refractivity contribution >= 4 is 12.0 Å². The second kappa shape index (κ2) is 9.15. The molecule has 1 aromatic carbocycles. The largest absolute Gasteiger partial charge is 0.494 e. The van der Waals surface area contributed by atoms with Crippen molar-refractivity contribution in [1.29, 1.82) is 0 Å². The van der Waals surface area contributed by atoms with Gasteiger partial charge in [-0.3, -0.25) is 4.79 Å². The summed E-state index contributed by atoms with van der Waals surface area (Å²) < 4.78 is 21.5. The molecule has 2 aliphatic carbocycles. The molecule has 8 heteroatoms. The van der Waals surface area contributed by atoms with Crippen LogP contribution in [0, 0.1) is 11.7 Å². The highest BCUT2D eigenvalue weighted by Gasteiger charge is 2.39. The number of aliphatic hydroxyl groups is 1. The van der Waals surface area contributed by atoms with Crippen LogP contribution in [-0.4, -0.2) is 44.9 Å². The minimum Gasteiger partial charge on any atom is -0.494 e. The standard InChI is InChI=1S/C26H32FN3O4/c1-14-6-8-18-20(28-14)9-10-21-23(18)29-25(24(31)15-7-11-22(34-2)19(27)13-15)30(21)17-5-3-4-16(12-17)26(32)33/h7,9-11,13-14,16-18,20,24,28,31H,3-6,8,12H2,1-2H3,(H,32,33). The van der Waals surface area contributed by atoms with Gasteiger partial charge >= 0.3 is 5.97 Å². The number of hydrogen-bond acceptors (Lipinski definition) is 5. The molecule has 34 heavy (non-hydrogen) atoms. The lowest BCUT2D eigenvalue weighted by Gasteiger charge is -2.37. The number of methoxy groups -OCH3 is 1. The number of halogens is 1. The van der Waals surface area contributed by atoms with E-state index in [1.165, 1.54) is 19.2 Å². The van der Waals surface area contributed by atoms with Crippen LogP contribution < -0.4 is 10.1 Å². The second-order valence-corrected chi connectivity index (χ2v) is 9.90. The molecule has 6 unspecified atom stereocenters. The summed E-state index contributed by atoms with van der Waals surface area (Å²) in [7, 11) is 1.40. The summed E-state index contributed by atoms with van der Waals surface area (Å²) in [6.07, 6.45) is 7.88. The van der Waals surface area contributed by atoms with Crippen molar-refractivity contribution in [3.8, 4) is 5.75 Å². The van der Waals surface area contributed by atoms with Gasteiger partial charge in [0.05, 0.1) is 24.4 Å². The van der Waals surface area contributed by atoms with E-state index in [9.17, 15) is 19.4 Å². The highest BCUT2D eigenvalue weighted by Crippen LogP contribution is 2.43. The van der Waals surface area contributed by atoms with Crippen molar-refractivity contribution in [2.24, 2.45) is 5.92 Å². The maximum absolute atomic E-state index is 14.5. The van der Waals surface area contributed by atoms with Gasteiger partial charge in [0, 0.05) is 24.0 Å². The Labute approximate surface area is 198 Å². The fourth-order valence-corrected chi connectivity index (χ4v) is 5.95. The number of carboxylic acids is 1. The van der Waals surface area contributed by atoms with E-state index >= 15 is 0 Å². The fourth-order valence-electron chi connectivity index (χ4n) is 5.95. The fraction of sp³-hybridized carbons (Fsp3) is 0.538. The maximum atomic E-state index is 14.5. The number of aliphatic hydroxyl groups excluding tert-OH is 1. The van der Waals surface area contributed by atoms with Gasteiger partial charge in [-0.15, -0.1) is 0 Å². The number of rotatable bonds is 5. The Morgan fingerprint density at radius 2 is 2.12 bits per heavy atom. The van der Waals surface area contributed by atoms with Crippen molar-refractivity contribution in [1.82, 2.24) is 14.9 Å². The number of benzene rings is 1. The maximum Gasteiger partial charge on any atom is 0.306 e. The average molecular weight is 470 g/mol. The molecule has 0 amide bonds. The molecule has 3 aliphatic rings. The molecule has 2 aromatic rings. The second-order valence-electron chi connectivity index (χ2n) is 9.90. The van der Waals surface area contributed by atoms with Gasteiger partial charge in [0.1, 0.15) is 11.9 Å². The lowest BCUT2D eigenvalue weighted by molar-refractivity contribution is -0.143. The van der Waals surface area contributed by atoms with Gasteiger partial charge in [-0.2, -0.15) is 0 Å². The molecular weight excluding hydrogens is 437 g/mol. The third-order valence-electron chi connectivity index (χ3n) is 7.73. The number of fused-ring (bicyclic) bond motifs is 3. The molecule has 182 valence electrons. The molecule has 6 atom stereocenters. The van der Waals surface area contributed by atoms with Gasteiger partial charge in [-0.05, 0) is 62.8 Å². The van der Waals surface area contributed by atoms with Gasteiger partial charge in [0.15, 0.2) is 11.6 Å². The Morgan fingerprint density at radius 1 is 1.29 bits per heavy atom. The SMILES string of the molecule is COc1ccc(C(O)c2nc3c(n2C2CCCC(C(=O)O)C2)C=CC2NC(C)CCC32)cc1F. The van der Waals surface area contributed by atoms with Crippen molar-refractivity contribution in [3.63, 3.8) is 0 Å². The van der Waals surface area contributed by atoms with Gasteiger partial charge in [0.2, 0.25) is 0 Å². The Hall–Kier alpha value is -2.71. The van der Waals surface area contributed by atoms with Gasteiger partial charge in [-0.25, -0.2) is 9.37 Å². The first kappa shape index (κ1) is 23.1. The molecule has 2 fully saturated rings. The monoisotopic (exact) mass is 469 g/mol. The number of piperidine rings is 1. The first-order valence-electron chi connectivity index (χ1n) is 12.2. The molecular formula is C26H32FN3O4.